The average Bonchev–Trinajstić information content (AvgIpc) is 2.34. The van der Waals surface area contributed by atoms with Gasteiger partial charge in [0.25, 0.3) is 0 Å². The zero-order chi connectivity index (χ0) is 10.5. The summed E-state index contributed by atoms with van der Waals surface area (Å²) in [6.07, 6.45) is 4.14. The fraction of sp³-hybridized carbons (Fsp3) is 0.444. The largest absolute Gasteiger partial charge is 0.589 e. The quantitative estimate of drug-likeness (QED) is 0.489. The molecule has 0 aromatic rings. The first-order chi connectivity index (χ1) is 5.85. The van der Waals surface area contributed by atoms with Gasteiger partial charge in [-0.15, -0.1) is 5.41 Å². The van der Waals surface area contributed by atoms with Crippen molar-refractivity contribution in [3.63, 3.8) is 0 Å². The van der Waals surface area contributed by atoms with Crippen molar-refractivity contribution in [1.29, 1.82) is 0 Å². The van der Waals surface area contributed by atoms with E-state index in [0.717, 1.165) is 12.2 Å². The summed E-state index contributed by atoms with van der Waals surface area (Å²) in [7, 11) is 0. The van der Waals surface area contributed by atoms with E-state index in [1.807, 2.05) is 27.1 Å². The molecule has 0 N–H and O–H groups in total. The molecule has 0 saturated heterocycles. The molecule has 1 aliphatic heterocycles. The summed E-state index contributed by atoms with van der Waals surface area (Å²) in [6.45, 7) is 5.46. The van der Waals surface area contributed by atoms with Gasteiger partial charge in [-0.2, -0.15) is 0 Å². The summed E-state index contributed by atoms with van der Waals surface area (Å²) in [5.74, 6) is -0.907. The van der Waals surface area contributed by atoms with Gasteiger partial charge in [0.15, 0.2) is 0 Å². The fourth-order valence-electron chi connectivity index (χ4n) is 0.326. The Morgan fingerprint density at radius 2 is 1.43 bits per heavy atom. The van der Waals surface area contributed by atoms with Crippen LogP contribution in [0.5, 0.6) is 0 Å². The Morgan fingerprint density at radius 3 is 1.50 bits per heavy atom. The summed E-state index contributed by atoms with van der Waals surface area (Å²) >= 11 is 0. The summed E-state index contributed by atoms with van der Waals surface area (Å²) in [5, 5.41) is 3.00. The standard InChI is InChI=1S/C5H9O.C4H3NO2.Y/c1-5(2,3)4-6;6-3-1-2-4(7)5-3;/h1-3H3;1-2H,(H,5,6,7);/q-1;;/p-1. The van der Waals surface area contributed by atoms with Gasteiger partial charge >= 0.3 is 0 Å². The second-order valence-electron chi connectivity index (χ2n) is 3.47. The summed E-state index contributed by atoms with van der Waals surface area (Å²) in [5.41, 5.74) is -0.264. The molecule has 14 heavy (non-hydrogen) atoms. The minimum Gasteiger partial charge on any atom is -0.589 e. The molecule has 2 amide bonds. The Hall–Kier alpha value is -0.346. The number of carbonyl (C=O) groups excluding carboxylic acids is 3. The van der Waals surface area contributed by atoms with Crippen molar-refractivity contribution in [3.8, 4) is 0 Å². The molecule has 1 rings (SSSR count). The molecule has 4 nitrogen and oxygen atoms in total. The predicted molar refractivity (Wildman–Crippen MR) is 47.7 cm³/mol. The smallest absolute Gasteiger partial charge is 0.0803 e. The van der Waals surface area contributed by atoms with Gasteiger partial charge in [0.1, 0.15) is 0 Å². The zero-order valence-electron chi connectivity index (χ0n) is 8.40. The Morgan fingerprint density at radius 1 is 1.14 bits per heavy atom. The topological polar surface area (TPSA) is 65.3 Å². The number of hydrogen-bond donors (Lipinski definition) is 0. The molecule has 1 radical (unpaired) electrons. The van der Waals surface area contributed by atoms with E-state index >= 15 is 0 Å². The van der Waals surface area contributed by atoms with Crippen molar-refractivity contribution in [2.24, 2.45) is 5.41 Å². The molecular formula is C9H11NO3Y-2. The van der Waals surface area contributed by atoms with Crippen LogP contribution in [0.25, 0.3) is 5.32 Å². The van der Waals surface area contributed by atoms with Crippen LogP contribution in [0.15, 0.2) is 12.2 Å². The van der Waals surface area contributed by atoms with Crippen molar-refractivity contribution in [1.82, 2.24) is 0 Å². The number of imide groups is 1. The number of amides is 2. The zero-order valence-corrected chi connectivity index (χ0v) is 11.2. The molecule has 0 atom stereocenters. The van der Waals surface area contributed by atoms with Gasteiger partial charge in [-0.1, -0.05) is 20.8 Å². The van der Waals surface area contributed by atoms with Crippen molar-refractivity contribution < 1.29 is 47.1 Å². The van der Waals surface area contributed by atoms with Crippen LogP contribution < -0.4 is 0 Å². The third-order valence-electron chi connectivity index (χ3n) is 0.895. The Labute approximate surface area is 108 Å². The maximum atomic E-state index is 9.98. The van der Waals surface area contributed by atoms with Crippen LogP contribution in [-0.4, -0.2) is 18.1 Å². The van der Waals surface area contributed by atoms with E-state index in [4.69, 9.17) is 0 Å². The van der Waals surface area contributed by atoms with Gasteiger partial charge in [0, 0.05) is 32.7 Å². The number of hydrogen-bond acceptors (Lipinski definition) is 3. The van der Waals surface area contributed by atoms with Crippen LogP contribution in [-0.2, 0) is 47.1 Å². The molecule has 0 unspecified atom stereocenters. The number of carbonyl (C=O) groups is 2. The van der Waals surface area contributed by atoms with Crippen LogP contribution in [0.1, 0.15) is 20.8 Å². The molecule has 0 aromatic carbocycles. The summed E-state index contributed by atoms with van der Waals surface area (Å²) in [6, 6.07) is 0. The minimum absolute atomic E-state index is 0. The Bertz CT molecular complexity index is 237. The van der Waals surface area contributed by atoms with Gasteiger partial charge in [0.2, 0.25) is 0 Å². The Balaban J connectivity index is 0. The monoisotopic (exact) mass is 270 g/mol. The normalized spacial score (nSPS) is 13.6. The van der Waals surface area contributed by atoms with E-state index in [1.165, 1.54) is 0 Å². The van der Waals surface area contributed by atoms with E-state index in [9.17, 15) is 14.4 Å². The fourth-order valence-corrected chi connectivity index (χ4v) is 0.326. The molecular weight excluding hydrogens is 259 g/mol. The number of nitrogens with zero attached hydrogens (tertiary/aromatic N) is 1. The van der Waals surface area contributed by atoms with Crippen LogP contribution in [0, 0.1) is 5.41 Å². The number of rotatable bonds is 0. The first-order valence-corrected chi connectivity index (χ1v) is 3.72. The van der Waals surface area contributed by atoms with Gasteiger partial charge < -0.3 is 19.7 Å². The van der Waals surface area contributed by atoms with E-state index in [0.29, 0.717) is 0 Å². The van der Waals surface area contributed by atoms with Crippen LogP contribution in [0.2, 0.25) is 0 Å². The molecule has 5 heteroatoms. The predicted octanol–water partition coefficient (Wildman–Crippen LogP) is 1.12. The molecule has 0 fully saturated rings. The van der Waals surface area contributed by atoms with Gasteiger partial charge in [-0.25, -0.2) is 0 Å². The van der Waals surface area contributed by atoms with Crippen molar-refractivity contribution in [2.45, 2.75) is 20.8 Å². The maximum absolute atomic E-state index is 9.98. The first kappa shape index (κ1) is 16.1. The van der Waals surface area contributed by atoms with E-state index < -0.39 is 11.8 Å². The van der Waals surface area contributed by atoms with E-state index in [2.05, 4.69) is 5.32 Å². The van der Waals surface area contributed by atoms with Crippen molar-refractivity contribution >= 4 is 18.1 Å². The third-order valence-corrected chi connectivity index (χ3v) is 0.895. The Kier molecular flexibility index (Phi) is 8.06. The van der Waals surface area contributed by atoms with Crippen LogP contribution in [0.4, 0.5) is 0 Å². The van der Waals surface area contributed by atoms with Gasteiger partial charge in [-0.3, -0.25) is 6.29 Å². The molecule has 0 aromatic heterocycles. The van der Waals surface area contributed by atoms with E-state index in [-0.39, 0.29) is 38.1 Å². The molecule has 0 spiro atoms. The summed E-state index contributed by atoms with van der Waals surface area (Å²) in [4.78, 5) is 29.7. The second kappa shape index (κ2) is 7.01. The minimum atomic E-state index is -0.454. The molecule has 0 bridgehead atoms. The van der Waals surface area contributed by atoms with E-state index in [1.54, 1.807) is 0 Å². The average molecular weight is 270 g/mol. The molecule has 1 aliphatic rings. The summed E-state index contributed by atoms with van der Waals surface area (Å²) < 4.78 is 0. The maximum Gasteiger partial charge on any atom is 0.0803 e. The SMILES string of the molecule is CC(C)(C)[C-]=O.O=C1C=CC(=O)[N-]1.[Y]. The third kappa shape index (κ3) is 9.74. The second-order valence-corrected chi connectivity index (χ2v) is 3.47. The molecule has 1 heterocycles. The molecule has 0 saturated carbocycles. The van der Waals surface area contributed by atoms with Crippen LogP contribution >= 0.6 is 0 Å². The van der Waals surface area contributed by atoms with Crippen molar-refractivity contribution in [2.75, 3.05) is 0 Å². The van der Waals surface area contributed by atoms with Gasteiger partial charge in [0.05, 0.1) is 11.8 Å². The first-order valence-electron chi connectivity index (χ1n) is 3.72. The van der Waals surface area contributed by atoms with Crippen molar-refractivity contribution in [3.05, 3.63) is 17.5 Å². The van der Waals surface area contributed by atoms with Gasteiger partial charge in [-0.05, 0) is 12.2 Å². The molecule has 75 valence electrons. The van der Waals surface area contributed by atoms with Crippen LogP contribution in [0.3, 0.4) is 0 Å². The molecule has 0 aliphatic carbocycles.